The minimum atomic E-state index is 0.202. The third kappa shape index (κ3) is 1.74. The van der Waals surface area contributed by atoms with Crippen molar-refractivity contribution in [2.75, 3.05) is 6.61 Å². The second kappa shape index (κ2) is 4.30. The van der Waals surface area contributed by atoms with Crippen LogP contribution in [-0.4, -0.2) is 16.3 Å². The van der Waals surface area contributed by atoms with Crippen LogP contribution in [0.25, 0.3) is 10.9 Å². The van der Waals surface area contributed by atoms with Crippen LogP contribution in [0.3, 0.4) is 0 Å². The first kappa shape index (κ1) is 11.2. The van der Waals surface area contributed by atoms with Gasteiger partial charge in [0.2, 0.25) is 0 Å². The Hall–Kier alpha value is -1.28. The van der Waals surface area contributed by atoms with Crippen LogP contribution in [0.15, 0.2) is 24.3 Å². The van der Waals surface area contributed by atoms with Gasteiger partial charge in [0.1, 0.15) is 0 Å². The number of benzene rings is 1. The van der Waals surface area contributed by atoms with Gasteiger partial charge in [-0.05, 0) is 32.0 Å². The number of aryl methyl sites for hydroxylation is 2. The highest BCUT2D eigenvalue weighted by molar-refractivity contribution is 5.82. The highest BCUT2D eigenvalue weighted by Gasteiger charge is 2.12. The minimum Gasteiger partial charge on any atom is -0.396 e. The highest BCUT2D eigenvalue weighted by atomic mass is 16.3. The van der Waals surface area contributed by atoms with Gasteiger partial charge in [-0.15, -0.1) is 0 Å². The van der Waals surface area contributed by atoms with Crippen LogP contribution in [0.5, 0.6) is 0 Å². The summed E-state index contributed by atoms with van der Waals surface area (Å²) in [6.07, 6.45) is 0. The van der Waals surface area contributed by atoms with Crippen LogP contribution in [0.1, 0.15) is 31.0 Å². The fraction of sp³-hybridized carbons (Fsp3) is 0.429. The highest BCUT2D eigenvalue weighted by Crippen LogP contribution is 2.26. The van der Waals surface area contributed by atoms with Gasteiger partial charge in [0.05, 0.1) is 6.61 Å². The molecule has 0 aliphatic rings. The predicted molar refractivity (Wildman–Crippen MR) is 67.8 cm³/mol. The second-order valence-electron chi connectivity index (χ2n) is 4.46. The van der Waals surface area contributed by atoms with Gasteiger partial charge in [-0.25, -0.2) is 0 Å². The number of aliphatic hydroxyl groups is 1. The fourth-order valence-corrected chi connectivity index (χ4v) is 2.27. The molecule has 2 aromatic rings. The summed E-state index contributed by atoms with van der Waals surface area (Å²) >= 11 is 0. The van der Waals surface area contributed by atoms with Crippen molar-refractivity contribution in [2.24, 2.45) is 0 Å². The normalized spacial score (nSPS) is 13.2. The Balaban J connectivity index is 2.65. The molecule has 1 aromatic heterocycles. The summed E-state index contributed by atoms with van der Waals surface area (Å²) in [5.41, 5.74) is 3.78. The molecule has 2 rings (SSSR count). The summed E-state index contributed by atoms with van der Waals surface area (Å²) in [6, 6.07) is 8.71. The molecule has 2 nitrogen and oxygen atoms in total. The Morgan fingerprint density at radius 2 is 2.06 bits per heavy atom. The number of rotatable bonds is 3. The van der Waals surface area contributed by atoms with Gasteiger partial charge in [0, 0.05) is 29.1 Å². The lowest BCUT2D eigenvalue weighted by molar-refractivity contribution is 0.269. The molecule has 16 heavy (non-hydrogen) atoms. The summed E-state index contributed by atoms with van der Waals surface area (Å²) in [5, 5.41) is 10.5. The SMILES string of the molecule is CCn1c(C(C)CO)cc2cc(C)ccc21. The van der Waals surface area contributed by atoms with Gasteiger partial charge >= 0.3 is 0 Å². The lowest BCUT2D eigenvalue weighted by Gasteiger charge is -2.12. The summed E-state index contributed by atoms with van der Waals surface area (Å²) < 4.78 is 2.29. The van der Waals surface area contributed by atoms with Crippen molar-refractivity contribution in [3.8, 4) is 0 Å². The molecule has 1 unspecified atom stereocenters. The molecule has 1 N–H and O–H groups in total. The van der Waals surface area contributed by atoms with Gasteiger partial charge in [-0.3, -0.25) is 0 Å². The van der Waals surface area contributed by atoms with Crippen molar-refractivity contribution in [1.29, 1.82) is 0 Å². The van der Waals surface area contributed by atoms with Crippen molar-refractivity contribution in [3.05, 3.63) is 35.5 Å². The molecule has 0 fully saturated rings. The Morgan fingerprint density at radius 1 is 1.31 bits per heavy atom. The summed E-state index contributed by atoms with van der Waals surface area (Å²) in [4.78, 5) is 0. The van der Waals surface area contributed by atoms with E-state index < -0.39 is 0 Å². The summed E-state index contributed by atoms with van der Waals surface area (Å²) in [5.74, 6) is 0.202. The van der Waals surface area contributed by atoms with E-state index in [9.17, 15) is 5.11 Å². The monoisotopic (exact) mass is 217 g/mol. The average Bonchev–Trinajstić information content (AvgIpc) is 2.65. The van der Waals surface area contributed by atoms with Crippen LogP contribution < -0.4 is 0 Å². The Labute approximate surface area is 96.5 Å². The Bertz CT molecular complexity index is 499. The molecule has 0 aliphatic carbocycles. The van der Waals surface area contributed by atoms with Crippen molar-refractivity contribution in [1.82, 2.24) is 4.57 Å². The molecule has 0 amide bonds. The third-order valence-electron chi connectivity index (χ3n) is 3.18. The lowest BCUT2D eigenvalue weighted by Crippen LogP contribution is -2.07. The first-order valence-electron chi connectivity index (χ1n) is 5.88. The molecule has 1 atom stereocenters. The maximum absolute atomic E-state index is 9.27. The molecule has 1 heterocycles. The standard InChI is InChI=1S/C14H19NO/c1-4-15-13-6-5-10(2)7-12(13)8-14(15)11(3)9-16/h5-8,11,16H,4,9H2,1-3H3. The molecule has 1 aromatic carbocycles. The molecule has 2 heteroatoms. The van der Waals surface area contributed by atoms with E-state index in [1.165, 1.54) is 22.2 Å². The predicted octanol–water partition coefficient (Wildman–Crippen LogP) is 3.07. The molecule has 0 aliphatic heterocycles. The largest absolute Gasteiger partial charge is 0.396 e. The average molecular weight is 217 g/mol. The van der Waals surface area contributed by atoms with Gasteiger partial charge in [-0.2, -0.15) is 0 Å². The van der Waals surface area contributed by atoms with Gasteiger partial charge < -0.3 is 9.67 Å². The molecule has 86 valence electrons. The van der Waals surface area contributed by atoms with Gasteiger partial charge in [0.15, 0.2) is 0 Å². The van der Waals surface area contributed by atoms with Crippen molar-refractivity contribution in [2.45, 2.75) is 33.2 Å². The summed E-state index contributed by atoms with van der Waals surface area (Å²) in [7, 11) is 0. The van der Waals surface area contributed by atoms with Crippen molar-refractivity contribution < 1.29 is 5.11 Å². The van der Waals surface area contributed by atoms with E-state index in [2.05, 4.69) is 49.6 Å². The Morgan fingerprint density at radius 3 is 2.69 bits per heavy atom. The molecule has 0 bridgehead atoms. The third-order valence-corrected chi connectivity index (χ3v) is 3.18. The van der Waals surface area contributed by atoms with E-state index in [0.29, 0.717) is 0 Å². The number of hydrogen-bond acceptors (Lipinski definition) is 1. The zero-order valence-electron chi connectivity index (χ0n) is 10.2. The quantitative estimate of drug-likeness (QED) is 0.839. The van der Waals surface area contributed by atoms with Crippen LogP contribution in [-0.2, 0) is 6.54 Å². The van der Waals surface area contributed by atoms with E-state index in [0.717, 1.165) is 6.54 Å². The molecule has 0 radical (unpaired) electrons. The minimum absolute atomic E-state index is 0.202. The maximum Gasteiger partial charge on any atom is 0.0511 e. The van der Waals surface area contributed by atoms with Crippen molar-refractivity contribution >= 4 is 10.9 Å². The smallest absolute Gasteiger partial charge is 0.0511 e. The van der Waals surface area contributed by atoms with E-state index in [1.807, 2.05) is 0 Å². The topological polar surface area (TPSA) is 25.2 Å². The Kier molecular flexibility index (Phi) is 3.01. The zero-order chi connectivity index (χ0) is 11.7. The van der Waals surface area contributed by atoms with E-state index in [-0.39, 0.29) is 12.5 Å². The van der Waals surface area contributed by atoms with Crippen LogP contribution in [0, 0.1) is 6.92 Å². The number of fused-ring (bicyclic) bond motifs is 1. The molecule has 0 saturated carbocycles. The first-order valence-corrected chi connectivity index (χ1v) is 5.88. The zero-order valence-corrected chi connectivity index (χ0v) is 10.2. The number of hydrogen-bond donors (Lipinski definition) is 1. The molecular weight excluding hydrogens is 198 g/mol. The van der Waals surface area contributed by atoms with E-state index in [1.54, 1.807) is 0 Å². The second-order valence-corrected chi connectivity index (χ2v) is 4.46. The van der Waals surface area contributed by atoms with Crippen LogP contribution in [0.4, 0.5) is 0 Å². The molecule has 0 saturated heterocycles. The number of aromatic nitrogens is 1. The fourth-order valence-electron chi connectivity index (χ4n) is 2.27. The van der Waals surface area contributed by atoms with Gasteiger partial charge in [0.25, 0.3) is 0 Å². The van der Waals surface area contributed by atoms with Crippen LogP contribution in [0.2, 0.25) is 0 Å². The first-order chi connectivity index (χ1) is 7.67. The van der Waals surface area contributed by atoms with E-state index >= 15 is 0 Å². The number of nitrogens with zero attached hydrogens (tertiary/aromatic N) is 1. The summed E-state index contributed by atoms with van der Waals surface area (Å²) in [6.45, 7) is 7.47. The molecule has 0 spiro atoms. The van der Waals surface area contributed by atoms with Crippen LogP contribution >= 0.6 is 0 Å². The van der Waals surface area contributed by atoms with E-state index in [4.69, 9.17) is 0 Å². The van der Waals surface area contributed by atoms with Gasteiger partial charge in [-0.1, -0.05) is 18.6 Å². The number of aliphatic hydroxyl groups excluding tert-OH is 1. The lowest BCUT2D eigenvalue weighted by atomic mass is 10.1. The molecular formula is C14H19NO. The van der Waals surface area contributed by atoms with Crippen molar-refractivity contribution in [3.63, 3.8) is 0 Å². The maximum atomic E-state index is 9.27.